The summed E-state index contributed by atoms with van der Waals surface area (Å²) in [5, 5.41) is 0. The molecule has 4 rings (SSSR count). The van der Waals surface area contributed by atoms with Gasteiger partial charge in [-0.2, -0.15) is 0 Å². The minimum Gasteiger partial charge on any atom is -0.490 e. The Labute approximate surface area is 265 Å². The van der Waals surface area contributed by atoms with Crippen molar-refractivity contribution < 1.29 is 17.9 Å². The molecular formula is C39H48O4S. The highest BCUT2D eigenvalue weighted by Gasteiger charge is 2.32. The molecule has 0 aliphatic heterocycles. The number of rotatable bonds is 11. The summed E-state index contributed by atoms with van der Waals surface area (Å²) in [6, 6.07) is 30.9. The molecule has 0 heterocycles. The van der Waals surface area contributed by atoms with Crippen LogP contribution < -0.4 is 9.47 Å². The fraction of sp³-hybridized carbons (Fsp3) is 0.385. The third-order valence-electron chi connectivity index (χ3n) is 8.66. The van der Waals surface area contributed by atoms with Gasteiger partial charge >= 0.3 is 0 Å². The first kappa shape index (κ1) is 33.3. The highest BCUT2D eigenvalue weighted by molar-refractivity contribution is 7.91. The minimum atomic E-state index is -3.63. The first-order valence-corrected chi connectivity index (χ1v) is 17.1. The van der Waals surface area contributed by atoms with E-state index in [1.165, 1.54) is 5.56 Å². The molecule has 0 saturated heterocycles. The van der Waals surface area contributed by atoms with Crippen LogP contribution >= 0.6 is 0 Å². The molecule has 0 aliphatic rings. The number of benzene rings is 4. The Kier molecular flexibility index (Phi) is 9.70. The van der Waals surface area contributed by atoms with Gasteiger partial charge in [0.15, 0.2) is 0 Å². The average Bonchev–Trinajstić information content (AvgIpc) is 2.99. The monoisotopic (exact) mass is 612 g/mol. The van der Waals surface area contributed by atoms with Gasteiger partial charge in [0.1, 0.15) is 23.2 Å². The third kappa shape index (κ3) is 7.55. The van der Waals surface area contributed by atoms with E-state index in [9.17, 15) is 8.42 Å². The fourth-order valence-electron chi connectivity index (χ4n) is 5.38. The number of hydrogen-bond acceptors (Lipinski definition) is 4. The van der Waals surface area contributed by atoms with Gasteiger partial charge in [0.2, 0.25) is 9.84 Å². The van der Waals surface area contributed by atoms with Crippen LogP contribution in [0.2, 0.25) is 0 Å². The van der Waals surface area contributed by atoms with Crippen molar-refractivity contribution in [3.8, 4) is 22.6 Å². The first-order chi connectivity index (χ1) is 20.6. The zero-order valence-corrected chi connectivity index (χ0v) is 28.6. The lowest BCUT2D eigenvalue weighted by molar-refractivity contribution is 0.121. The Balaban J connectivity index is 1.47. The zero-order valence-electron chi connectivity index (χ0n) is 27.8. The van der Waals surface area contributed by atoms with E-state index in [0.717, 1.165) is 35.3 Å². The van der Waals surface area contributed by atoms with Crippen LogP contribution in [0.15, 0.2) is 107 Å². The molecule has 4 nitrogen and oxygen atoms in total. The summed E-state index contributed by atoms with van der Waals surface area (Å²) < 4.78 is 39.1. The van der Waals surface area contributed by atoms with E-state index in [1.54, 1.807) is 36.4 Å². The van der Waals surface area contributed by atoms with Gasteiger partial charge in [-0.3, -0.25) is 0 Å². The van der Waals surface area contributed by atoms with Gasteiger partial charge in [-0.05, 0) is 110 Å². The Morgan fingerprint density at radius 2 is 1.02 bits per heavy atom. The van der Waals surface area contributed by atoms with Crippen molar-refractivity contribution in [2.24, 2.45) is 0 Å². The van der Waals surface area contributed by atoms with Gasteiger partial charge in [0, 0.05) is 5.41 Å². The Morgan fingerprint density at radius 3 is 1.48 bits per heavy atom. The molecule has 1 atom stereocenters. The molecule has 4 aromatic carbocycles. The van der Waals surface area contributed by atoms with Gasteiger partial charge < -0.3 is 9.47 Å². The van der Waals surface area contributed by atoms with Crippen LogP contribution in [0.3, 0.4) is 0 Å². The second kappa shape index (κ2) is 12.8. The van der Waals surface area contributed by atoms with E-state index in [2.05, 4.69) is 77.9 Å². The maximum Gasteiger partial charge on any atom is 0.206 e. The maximum absolute atomic E-state index is 13.4. The van der Waals surface area contributed by atoms with Crippen LogP contribution in [0, 0.1) is 0 Å². The summed E-state index contributed by atoms with van der Waals surface area (Å²) in [6.45, 7) is 19.1. The van der Waals surface area contributed by atoms with Crippen LogP contribution in [-0.4, -0.2) is 20.1 Å². The summed E-state index contributed by atoms with van der Waals surface area (Å²) in [4.78, 5) is 0.556. The molecule has 1 unspecified atom stereocenters. The maximum atomic E-state index is 13.4. The van der Waals surface area contributed by atoms with Gasteiger partial charge in [-0.1, -0.05) is 90.1 Å². The summed E-state index contributed by atoms with van der Waals surface area (Å²) in [6.07, 6.45) is 1.66. The smallest absolute Gasteiger partial charge is 0.206 e. The molecule has 0 amide bonds. The average molecular weight is 613 g/mol. The molecule has 0 N–H and O–H groups in total. The predicted molar refractivity (Wildman–Crippen MR) is 182 cm³/mol. The number of sulfone groups is 1. The van der Waals surface area contributed by atoms with Crippen LogP contribution in [-0.2, 0) is 20.7 Å². The molecular weight excluding hydrogens is 564 g/mol. The van der Waals surface area contributed by atoms with E-state index in [4.69, 9.17) is 9.47 Å². The normalized spacial score (nSPS) is 13.4. The van der Waals surface area contributed by atoms with Gasteiger partial charge in [0.05, 0.1) is 9.79 Å². The fourth-order valence-corrected chi connectivity index (χ4v) is 6.64. The molecule has 0 aliphatic carbocycles. The van der Waals surface area contributed by atoms with E-state index in [1.807, 2.05) is 45.0 Å². The molecule has 4 aromatic rings. The van der Waals surface area contributed by atoms with Crippen molar-refractivity contribution in [2.75, 3.05) is 0 Å². The third-order valence-corrected chi connectivity index (χ3v) is 10.4. The lowest BCUT2D eigenvalue weighted by Crippen LogP contribution is -2.37. The van der Waals surface area contributed by atoms with Gasteiger partial charge in [-0.25, -0.2) is 8.42 Å². The van der Waals surface area contributed by atoms with E-state index in [-0.39, 0.29) is 27.4 Å². The molecule has 234 valence electrons. The van der Waals surface area contributed by atoms with Crippen molar-refractivity contribution in [1.82, 2.24) is 0 Å². The highest BCUT2D eigenvalue weighted by Crippen LogP contribution is 2.35. The Morgan fingerprint density at radius 1 is 0.591 bits per heavy atom. The quantitative estimate of drug-likeness (QED) is 0.169. The predicted octanol–water partition coefficient (Wildman–Crippen LogP) is 10.2. The summed E-state index contributed by atoms with van der Waals surface area (Å²) in [7, 11) is -3.63. The van der Waals surface area contributed by atoms with Crippen molar-refractivity contribution in [1.29, 1.82) is 0 Å². The Hall–Kier alpha value is -3.57. The van der Waals surface area contributed by atoms with Crippen LogP contribution in [0.1, 0.15) is 86.3 Å². The topological polar surface area (TPSA) is 52.6 Å². The van der Waals surface area contributed by atoms with Crippen LogP contribution in [0.4, 0.5) is 0 Å². The van der Waals surface area contributed by atoms with Crippen molar-refractivity contribution in [2.45, 2.75) is 107 Å². The van der Waals surface area contributed by atoms with Crippen molar-refractivity contribution in [3.63, 3.8) is 0 Å². The summed E-state index contributed by atoms with van der Waals surface area (Å²) >= 11 is 0. The first-order valence-electron chi connectivity index (χ1n) is 15.6. The molecule has 0 aromatic heterocycles. The number of ether oxygens (including phenoxy) is 2. The molecule has 0 spiro atoms. The Bertz CT molecular complexity index is 1620. The second-order valence-electron chi connectivity index (χ2n) is 13.8. The largest absolute Gasteiger partial charge is 0.490 e. The van der Waals surface area contributed by atoms with Crippen molar-refractivity contribution in [3.05, 3.63) is 108 Å². The SMILES string of the molecule is CCC(Oc1ccc(S(=O)(=O)c2ccc(C(C)(C)CC)cc2)cc1)C(C)(C)c1ccc(-c2ccc(OC(C)(C)C)cc2)cc1. The van der Waals surface area contributed by atoms with Crippen molar-refractivity contribution >= 4 is 9.84 Å². The second-order valence-corrected chi connectivity index (χ2v) is 15.7. The zero-order chi connectivity index (χ0) is 32.3. The summed E-state index contributed by atoms with van der Waals surface area (Å²) in [5.74, 6) is 1.51. The summed E-state index contributed by atoms with van der Waals surface area (Å²) in [5.41, 5.74) is 4.07. The molecule has 0 radical (unpaired) electrons. The minimum absolute atomic E-state index is 0.000939. The van der Waals surface area contributed by atoms with Gasteiger partial charge in [0.25, 0.3) is 0 Å². The molecule has 0 saturated carbocycles. The van der Waals surface area contributed by atoms with Crippen LogP contribution in [0.5, 0.6) is 11.5 Å². The van der Waals surface area contributed by atoms with Gasteiger partial charge in [-0.15, -0.1) is 0 Å². The lowest BCUT2D eigenvalue weighted by atomic mass is 9.78. The molecule has 0 fully saturated rings. The molecule has 44 heavy (non-hydrogen) atoms. The highest BCUT2D eigenvalue weighted by atomic mass is 32.2. The van der Waals surface area contributed by atoms with E-state index in [0.29, 0.717) is 10.6 Å². The standard InChI is InChI=1S/C39H48O4S/c1-10-36(39(8,9)31-16-12-28(13-17-31)29-14-20-33(21-15-29)43-37(3,4)5)42-32-22-26-35(27-23-32)44(40,41)34-24-18-30(19-25-34)38(6,7)11-2/h12-27,36H,10-11H2,1-9H3. The molecule has 0 bridgehead atoms. The molecule has 5 heteroatoms. The van der Waals surface area contributed by atoms with E-state index >= 15 is 0 Å². The lowest BCUT2D eigenvalue weighted by Gasteiger charge is -2.34. The van der Waals surface area contributed by atoms with Crippen LogP contribution in [0.25, 0.3) is 11.1 Å². The number of hydrogen-bond donors (Lipinski definition) is 0. The van der Waals surface area contributed by atoms with E-state index < -0.39 is 9.84 Å².